The van der Waals surface area contributed by atoms with Gasteiger partial charge in [-0.3, -0.25) is 4.79 Å². The number of thiazole rings is 1. The quantitative estimate of drug-likeness (QED) is 0.787. The van der Waals surface area contributed by atoms with Crippen molar-refractivity contribution in [1.82, 2.24) is 4.98 Å². The molecule has 0 aliphatic carbocycles. The van der Waals surface area contributed by atoms with Crippen molar-refractivity contribution in [3.05, 3.63) is 45.7 Å². The van der Waals surface area contributed by atoms with Gasteiger partial charge in [0.2, 0.25) is 5.78 Å². The SMILES string of the molecule is COc1ccc(F)cc1C(=O)c1csc(C)n1. The molecule has 3 nitrogen and oxygen atoms in total. The Morgan fingerprint density at radius 1 is 1.47 bits per heavy atom. The van der Waals surface area contributed by atoms with Crippen LogP contribution in [0.1, 0.15) is 21.1 Å². The first-order valence-corrected chi connectivity index (χ1v) is 5.80. The van der Waals surface area contributed by atoms with Crippen LogP contribution in [0.4, 0.5) is 4.39 Å². The molecule has 0 bridgehead atoms. The third-order valence-electron chi connectivity index (χ3n) is 2.26. The minimum atomic E-state index is -0.471. The lowest BCUT2D eigenvalue weighted by molar-refractivity contribution is 0.103. The van der Waals surface area contributed by atoms with Gasteiger partial charge in [0.15, 0.2) is 0 Å². The molecule has 0 saturated carbocycles. The predicted molar refractivity (Wildman–Crippen MR) is 63.2 cm³/mol. The summed E-state index contributed by atoms with van der Waals surface area (Å²) >= 11 is 1.38. The fraction of sp³-hybridized carbons (Fsp3) is 0.167. The average Bonchev–Trinajstić information content (AvgIpc) is 2.75. The molecule has 5 heteroatoms. The van der Waals surface area contributed by atoms with Gasteiger partial charge in [-0.1, -0.05) is 0 Å². The van der Waals surface area contributed by atoms with Crippen molar-refractivity contribution in [2.45, 2.75) is 6.92 Å². The molecule has 0 saturated heterocycles. The molecule has 17 heavy (non-hydrogen) atoms. The molecule has 0 atom stereocenters. The molecule has 2 rings (SSSR count). The van der Waals surface area contributed by atoms with Crippen LogP contribution in [0.3, 0.4) is 0 Å². The van der Waals surface area contributed by atoms with E-state index in [4.69, 9.17) is 4.74 Å². The van der Waals surface area contributed by atoms with Crippen LogP contribution in [0.5, 0.6) is 5.75 Å². The largest absolute Gasteiger partial charge is 0.496 e. The Kier molecular flexibility index (Phi) is 3.19. The Balaban J connectivity index is 2.46. The van der Waals surface area contributed by atoms with Crippen LogP contribution in [-0.4, -0.2) is 17.9 Å². The van der Waals surface area contributed by atoms with Crippen molar-refractivity contribution in [3.63, 3.8) is 0 Å². The number of rotatable bonds is 3. The summed E-state index contributed by atoms with van der Waals surface area (Å²) in [5.41, 5.74) is 0.509. The monoisotopic (exact) mass is 251 g/mol. The highest BCUT2D eigenvalue weighted by Gasteiger charge is 2.17. The number of nitrogens with zero attached hydrogens (tertiary/aromatic N) is 1. The minimum Gasteiger partial charge on any atom is -0.496 e. The first-order valence-electron chi connectivity index (χ1n) is 4.92. The lowest BCUT2D eigenvalue weighted by Crippen LogP contribution is -2.05. The minimum absolute atomic E-state index is 0.192. The number of halogens is 1. The lowest BCUT2D eigenvalue weighted by atomic mass is 10.1. The van der Waals surface area contributed by atoms with Crippen molar-refractivity contribution in [2.75, 3.05) is 7.11 Å². The second-order valence-electron chi connectivity index (χ2n) is 3.43. The smallest absolute Gasteiger partial charge is 0.216 e. The summed E-state index contributed by atoms with van der Waals surface area (Å²) in [5.74, 6) is -0.450. The van der Waals surface area contributed by atoms with E-state index in [0.717, 1.165) is 11.1 Å². The van der Waals surface area contributed by atoms with E-state index >= 15 is 0 Å². The Labute approximate surface area is 102 Å². The van der Waals surface area contributed by atoms with Gasteiger partial charge in [-0.05, 0) is 25.1 Å². The number of ketones is 1. The molecule has 0 unspecified atom stereocenters. The van der Waals surface area contributed by atoms with Crippen LogP contribution in [0.25, 0.3) is 0 Å². The van der Waals surface area contributed by atoms with Crippen LogP contribution in [0, 0.1) is 12.7 Å². The molecule has 0 amide bonds. The van der Waals surface area contributed by atoms with Gasteiger partial charge >= 0.3 is 0 Å². The maximum atomic E-state index is 13.1. The zero-order valence-corrected chi connectivity index (χ0v) is 10.2. The molecule has 2 aromatic rings. The molecule has 1 aromatic carbocycles. The van der Waals surface area contributed by atoms with E-state index in [9.17, 15) is 9.18 Å². The van der Waals surface area contributed by atoms with Crippen LogP contribution in [0.2, 0.25) is 0 Å². The van der Waals surface area contributed by atoms with Gasteiger partial charge in [0.25, 0.3) is 0 Å². The third-order valence-corrected chi connectivity index (χ3v) is 3.03. The van der Waals surface area contributed by atoms with E-state index in [2.05, 4.69) is 4.98 Å². The zero-order valence-electron chi connectivity index (χ0n) is 9.36. The number of ether oxygens (including phenoxy) is 1. The average molecular weight is 251 g/mol. The molecule has 88 valence electrons. The van der Waals surface area contributed by atoms with Gasteiger partial charge in [-0.25, -0.2) is 9.37 Å². The van der Waals surface area contributed by atoms with Gasteiger partial charge in [-0.2, -0.15) is 0 Å². The molecule has 1 heterocycles. The van der Waals surface area contributed by atoms with Gasteiger partial charge in [-0.15, -0.1) is 11.3 Å². The number of carbonyl (C=O) groups excluding carboxylic acids is 1. The van der Waals surface area contributed by atoms with E-state index in [1.54, 1.807) is 5.38 Å². The summed E-state index contributed by atoms with van der Waals surface area (Å²) < 4.78 is 18.2. The topological polar surface area (TPSA) is 39.2 Å². The van der Waals surface area contributed by atoms with E-state index in [1.807, 2.05) is 6.92 Å². The second-order valence-corrected chi connectivity index (χ2v) is 4.49. The maximum absolute atomic E-state index is 13.1. The summed E-state index contributed by atoms with van der Waals surface area (Å²) in [5, 5.41) is 2.45. The number of hydrogen-bond donors (Lipinski definition) is 0. The lowest BCUT2D eigenvalue weighted by Gasteiger charge is -2.05. The van der Waals surface area contributed by atoms with E-state index in [-0.39, 0.29) is 11.3 Å². The molecular weight excluding hydrogens is 241 g/mol. The number of aryl methyl sites for hydroxylation is 1. The van der Waals surface area contributed by atoms with E-state index < -0.39 is 5.82 Å². The van der Waals surface area contributed by atoms with Crippen molar-refractivity contribution < 1.29 is 13.9 Å². The highest BCUT2D eigenvalue weighted by atomic mass is 32.1. The van der Waals surface area contributed by atoms with Crippen molar-refractivity contribution >= 4 is 17.1 Å². The predicted octanol–water partition coefficient (Wildman–Crippen LogP) is 2.83. The van der Waals surface area contributed by atoms with E-state index in [0.29, 0.717) is 11.4 Å². The van der Waals surface area contributed by atoms with E-state index in [1.165, 1.54) is 30.6 Å². The number of carbonyl (C=O) groups is 1. The summed E-state index contributed by atoms with van der Waals surface area (Å²) in [7, 11) is 1.44. The van der Waals surface area contributed by atoms with Crippen LogP contribution in [0.15, 0.2) is 23.6 Å². The Hall–Kier alpha value is -1.75. The molecular formula is C12H10FNO2S. The Morgan fingerprint density at radius 3 is 2.82 bits per heavy atom. The molecule has 1 aromatic heterocycles. The van der Waals surface area contributed by atoms with Gasteiger partial charge < -0.3 is 4.74 Å². The van der Waals surface area contributed by atoms with Crippen molar-refractivity contribution in [2.24, 2.45) is 0 Å². The number of aromatic nitrogens is 1. The third kappa shape index (κ3) is 2.34. The fourth-order valence-electron chi connectivity index (χ4n) is 1.46. The van der Waals surface area contributed by atoms with Crippen LogP contribution >= 0.6 is 11.3 Å². The Bertz CT molecular complexity index is 565. The molecule has 0 fully saturated rings. The molecule has 0 spiro atoms. The molecule has 0 N–H and O–H groups in total. The summed E-state index contributed by atoms with van der Waals surface area (Å²) in [6.07, 6.45) is 0. The molecule has 0 aliphatic heterocycles. The summed E-state index contributed by atoms with van der Waals surface area (Å²) in [6.45, 7) is 1.81. The maximum Gasteiger partial charge on any atom is 0.216 e. The highest BCUT2D eigenvalue weighted by molar-refractivity contribution is 7.09. The Morgan fingerprint density at radius 2 is 2.24 bits per heavy atom. The van der Waals surface area contributed by atoms with Gasteiger partial charge in [0.05, 0.1) is 17.7 Å². The number of methoxy groups -OCH3 is 1. The van der Waals surface area contributed by atoms with Crippen molar-refractivity contribution in [1.29, 1.82) is 0 Å². The second kappa shape index (κ2) is 4.63. The molecule has 0 aliphatic rings. The van der Waals surface area contributed by atoms with Crippen LogP contribution in [-0.2, 0) is 0 Å². The fourth-order valence-corrected chi connectivity index (χ4v) is 2.06. The normalized spacial score (nSPS) is 10.3. The van der Waals surface area contributed by atoms with Gasteiger partial charge in [0, 0.05) is 5.38 Å². The number of benzene rings is 1. The zero-order chi connectivity index (χ0) is 12.4. The summed E-state index contributed by atoms with van der Waals surface area (Å²) in [4.78, 5) is 16.2. The van der Waals surface area contributed by atoms with Gasteiger partial charge in [0.1, 0.15) is 17.3 Å². The van der Waals surface area contributed by atoms with Crippen LogP contribution < -0.4 is 4.74 Å². The number of hydrogen-bond acceptors (Lipinski definition) is 4. The standard InChI is InChI=1S/C12H10FNO2S/c1-7-14-10(6-17-7)12(15)9-5-8(13)3-4-11(9)16-2/h3-6H,1-2H3. The molecule has 0 radical (unpaired) electrons. The van der Waals surface area contributed by atoms with Crippen molar-refractivity contribution in [3.8, 4) is 5.75 Å². The first-order chi connectivity index (χ1) is 8.11. The summed E-state index contributed by atoms with van der Waals surface area (Å²) in [6, 6.07) is 3.85. The highest BCUT2D eigenvalue weighted by Crippen LogP contribution is 2.23. The first kappa shape index (κ1) is 11.7.